The van der Waals surface area contributed by atoms with E-state index in [0.29, 0.717) is 0 Å². The number of halogens is 1. The highest BCUT2D eigenvalue weighted by atomic mass is 79.9. The van der Waals surface area contributed by atoms with Crippen molar-refractivity contribution >= 4 is 39.8 Å². The predicted molar refractivity (Wildman–Crippen MR) is 73.6 cm³/mol. The number of nitrogens with zero attached hydrogens (tertiary/aromatic N) is 2. The largest absolute Gasteiger partial charge is 0.431 e. The van der Waals surface area contributed by atoms with Gasteiger partial charge in [0.15, 0.2) is 5.58 Å². The van der Waals surface area contributed by atoms with Crippen LogP contribution < -0.4 is 0 Å². The summed E-state index contributed by atoms with van der Waals surface area (Å²) in [5.41, 5.74) is 1.80. The third-order valence-electron chi connectivity index (χ3n) is 2.04. The van der Waals surface area contributed by atoms with Gasteiger partial charge in [-0.2, -0.15) is 0 Å². The Bertz CT molecular complexity index is 411. The predicted octanol–water partition coefficient (Wildman–Crippen LogP) is 3.06. The summed E-state index contributed by atoms with van der Waals surface area (Å²) in [5.74, 6) is 1.000. The van der Waals surface area contributed by atoms with Crippen LogP contribution in [0, 0.1) is 0 Å². The Morgan fingerprint density at radius 3 is 2.75 bits per heavy atom. The fraction of sp³-hybridized carbons (Fsp3) is 0.364. The number of benzene rings is 1. The molecule has 0 aliphatic carbocycles. The highest BCUT2D eigenvalue weighted by Crippen LogP contribution is 2.22. The second-order valence-corrected chi connectivity index (χ2v) is 4.65. The molecule has 0 saturated carbocycles. The summed E-state index contributed by atoms with van der Waals surface area (Å²) in [6.45, 7) is 1.03. The molecule has 0 aliphatic rings. The van der Waals surface area contributed by atoms with E-state index < -0.39 is 0 Å². The van der Waals surface area contributed by atoms with Gasteiger partial charge in [-0.15, -0.1) is 17.0 Å². The van der Waals surface area contributed by atoms with Crippen LogP contribution in [0.4, 0.5) is 0 Å². The molecule has 0 aliphatic heterocycles. The van der Waals surface area contributed by atoms with Crippen molar-refractivity contribution in [2.75, 3.05) is 26.4 Å². The van der Waals surface area contributed by atoms with Crippen molar-refractivity contribution < 1.29 is 4.42 Å². The van der Waals surface area contributed by atoms with Gasteiger partial charge in [0.25, 0.3) is 5.22 Å². The molecule has 2 aromatic rings. The summed E-state index contributed by atoms with van der Waals surface area (Å²) in [4.78, 5) is 6.54. The molecule has 0 saturated heterocycles. The van der Waals surface area contributed by atoms with Crippen molar-refractivity contribution in [3.05, 3.63) is 24.3 Å². The smallest absolute Gasteiger partial charge is 0.256 e. The Morgan fingerprint density at radius 1 is 1.31 bits per heavy atom. The van der Waals surface area contributed by atoms with E-state index in [1.165, 1.54) is 0 Å². The van der Waals surface area contributed by atoms with Gasteiger partial charge in [-0.25, -0.2) is 4.98 Å². The first kappa shape index (κ1) is 13.5. The van der Waals surface area contributed by atoms with Gasteiger partial charge >= 0.3 is 0 Å². The minimum atomic E-state index is 0. The second-order valence-electron chi connectivity index (χ2n) is 3.60. The van der Waals surface area contributed by atoms with Crippen LogP contribution in [0.15, 0.2) is 33.9 Å². The molecule has 0 fully saturated rings. The standard InChI is InChI=1S/C11H14N2OS.BrH/c1-13(2)7-8-15-11-12-9-5-3-4-6-10(9)14-11;/h3-6H,7-8H2,1-2H3;1H. The normalized spacial score (nSPS) is 10.7. The molecule has 16 heavy (non-hydrogen) atoms. The van der Waals surface area contributed by atoms with Gasteiger partial charge < -0.3 is 9.32 Å². The Labute approximate surface area is 110 Å². The first-order valence-corrected chi connectivity index (χ1v) is 5.87. The van der Waals surface area contributed by atoms with E-state index in [9.17, 15) is 0 Å². The third kappa shape index (κ3) is 3.50. The molecule has 1 aromatic heterocycles. The van der Waals surface area contributed by atoms with Crippen molar-refractivity contribution in [1.29, 1.82) is 0 Å². The number of para-hydroxylation sites is 2. The van der Waals surface area contributed by atoms with E-state index >= 15 is 0 Å². The number of aromatic nitrogens is 1. The molecule has 0 unspecified atom stereocenters. The number of rotatable bonds is 4. The topological polar surface area (TPSA) is 29.3 Å². The van der Waals surface area contributed by atoms with Crippen LogP contribution in [0.5, 0.6) is 0 Å². The van der Waals surface area contributed by atoms with Crippen LogP contribution in [0.3, 0.4) is 0 Å². The summed E-state index contributed by atoms with van der Waals surface area (Å²) in [6, 6.07) is 7.84. The lowest BCUT2D eigenvalue weighted by atomic mass is 10.3. The van der Waals surface area contributed by atoms with Gasteiger partial charge in [-0.1, -0.05) is 23.9 Å². The number of thioether (sulfide) groups is 1. The Kier molecular flexibility index (Phi) is 5.31. The molecule has 0 atom stereocenters. The van der Waals surface area contributed by atoms with Gasteiger partial charge in [0.2, 0.25) is 0 Å². The highest BCUT2D eigenvalue weighted by Gasteiger charge is 2.04. The molecule has 5 heteroatoms. The molecule has 0 amide bonds. The molecule has 0 bridgehead atoms. The van der Waals surface area contributed by atoms with E-state index in [0.717, 1.165) is 28.6 Å². The zero-order valence-electron chi connectivity index (χ0n) is 9.34. The van der Waals surface area contributed by atoms with Crippen LogP contribution in [-0.2, 0) is 0 Å². The van der Waals surface area contributed by atoms with Gasteiger partial charge in [-0.3, -0.25) is 0 Å². The average molecular weight is 303 g/mol. The fourth-order valence-corrected chi connectivity index (χ4v) is 2.17. The molecule has 0 radical (unpaired) electrons. The maximum Gasteiger partial charge on any atom is 0.256 e. The second kappa shape index (κ2) is 6.27. The molecule has 88 valence electrons. The number of hydrogen-bond donors (Lipinski definition) is 0. The number of oxazole rings is 1. The quantitative estimate of drug-likeness (QED) is 0.812. The van der Waals surface area contributed by atoms with Crippen LogP contribution in [0.1, 0.15) is 0 Å². The molecular weight excluding hydrogens is 288 g/mol. The molecule has 2 rings (SSSR count). The van der Waals surface area contributed by atoms with Crippen LogP contribution in [0.25, 0.3) is 11.1 Å². The fourth-order valence-electron chi connectivity index (χ4n) is 1.23. The Hall–Kier alpha value is -0.520. The molecular formula is C11H15BrN2OS. The van der Waals surface area contributed by atoms with E-state index in [1.54, 1.807) is 11.8 Å². The molecule has 0 N–H and O–H groups in total. The van der Waals surface area contributed by atoms with Crippen molar-refractivity contribution in [2.45, 2.75) is 5.22 Å². The summed E-state index contributed by atoms with van der Waals surface area (Å²) >= 11 is 1.66. The van der Waals surface area contributed by atoms with Crippen LogP contribution >= 0.6 is 28.7 Å². The monoisotopic (exact) mass is 302 g/mol. The Morgan fingerprint density at radius 2 is 2.06 bits per heavy atom. The zero-order valence-corrected chi connectivity index (χ0v) is 11.9. The van der Waals surface area contributed by atoms with Gasteiger partial charge in [0.1, 0.15) is 5.52 Å². The van der Waals surface area contributed by atoms with Crippen LogP contribution in [-0.4, -0.2) is 36.3 Å². The maximum atomic E-state index is 5.58. The Balaban J connectivity index is 0.00000128. The molecule has 0 spiro atoms. The summed E-state index contributed by atoms with van der Waals surface area (Å²) < 4.78 is 5.58. The van der Waals surface area contributed by atoms with E-state index in [-0.39, 0.29) is 17.0 Å². The third-order valence-corrected chi connectivity index (χ3v) is 2.85. The molecule has 1 aromatic carbocycles. The first-order chi connectivity index (χ1) is 7.25. The first-order valence-electron chi connectivity index (χ1n) is 4.89. The summed E-state index contributed by atoms with van der Waals surface area (Å²) in [5, 5.41) is 0.762. The van der Waals surface area contributed by atoms with Crippen LogP contribution in [0.2, 0.25) is 0 Å². The lowest BCUT2D eigenvalue weighted by Gasteiger charge is -2.06. The van der Waals surface area contributed by atoms with E-state index in [1.807, 2.05) is 24.3 Å². The van der Waals surface area contributed by atoms with Crippen molar-refractivity contribution in [1.82, 2.24) is 9.88 Å². The van der Waals surface area contributed by atoms with E-state index in [2.05, 4.69) is 24.0 Å². The SMILES string of the molecule is Br.CN(C)CCSc1nc2ccccc2o1. The lowest BCUT2D eigenvalue weighted by molar-refractivity contribution is 0.435. The summed E-state index contributed by atoms with van der Waals surface area (Å²) in [7, 11) is 4.12. The number of hydrogen-bond acceptors (Lipinski definition) is 4. The lowest BCUT2D eigenvalue weighted by Crippen LogP contribution is -2.14. The maximum absolute atomic E-state index is 5.58. The van der Waals surface area contributed by atoms with Crippen molar-refractivity contribution in [2.24, 2.45) is 0 Å². The molecule has 3 nitrogen and oxygen atoms in total. The number of fused-ring (bicyclic) bond motifs is 1. The summed E-state index contributed by atoms with van der Waals surface area (Å²) in [6.07, 6.45) is 0. The minimum absolute atomic E-state index is 0. The van der Waals surface area contributed by atoms with Gasteiger partial charge in [-0.05, 0) is 26.2 Å². The highest BCUT2D eigenvalue weighted by molar-refractivity contribution is 8.93. The van der Waals surface area contributed by atoms with Crippen molar-refractivity contribution in [3.63, 3.8) is 0 Å². The van der Waals surface area contributed by atoms with Gasteiger partial charge in [0.05, 0.1) is 0 Å². The average Bonchev–Trinajstić information content (AvgIpc) is 2.59. The van der Waals surface area contributed by atoms with E-state index in [4.69, 9.17) is 4.42 Å². The zero-order chi connectivity index (χ0) is 10.7. The molecule has 1 heterocycles. The van der Waals surface area contributed by atoms with Crippen molar-refractivity contribution in [3.8, 4) is 0 Å². The minimum Gasteiger partial charge on any atom is -0.431 e. The van der Waals surface area contributed by atoms with Gasteiger partial charge in [0, 0.05) is 12.3 Å².